The van der Waals surface area contributed by atoms with Gasteiger partial charge in [-0.25, -0.2) is 0 Å². The second-order valence-electron chi connectivity index (χ2n) is 4.32. The number of aromatic nitrogens is 1. The van der Waals surface area contributed by atoms with Crippen molar-refractivity contribution in [1.29, 1.82) is 0 Å². The molecule has 2 rings (SSSR count). The molecule has 4 nitrogen and oxygen atoms in total. The van der Waals surface area contributed by atoms with Crippen LogP contribution in [0.2, 0.25) is 0 Å². The van der Waals surface area contributed by atoms with Crippen LogP contribution in [0.15, 0.2) is 39.3 Å². The summed E-state index contributed by atoms with van der Waals surface area (Å²) in [7, 11) is 0. The van der Waals surface area contributed by atoms with Gasteiger partial charge in [-0.2, -0.15) is 0 Å². The van der Waals surface area contributed by atoms with E-state index in [1.54, 1.807) is 13.0 Å². The Kier molecular flexibility index (Phi) is 4.37. The molecule has 19 heavy (non-hydrogen) atoms. The van der Waals surface area contributed by atoms with Crippen LogP contribution in [0.4, 0.5) is 0 Å². The van der Waals surface area contributed by atoms with Crippen molar-refractivity contribution in [3.05, 3.63) is 51.8 Å². The summed E-state index contributed by atoms with van der Waals surface area (Å²) in [5.74, 6) is 0.00318. The molecule has 1 aromatic carbocycles. The number of halogens is 1. The maximum Gasteiger partial charge on any atom is 0.290 e. The maximum absolute atomic E-state index is 12.0. The van der Waals surface area contributed by atoms with E-state index in [1.807, 2.05) is 31.2 Å². The highest BCUT2D eigenvalue weighted by molar-refractivity contribution is 9.10. The molecule has 0 aliphatic rings. The summed E-state index contributed by atoms with van der Waals surface area (Å²) in [5, 5.41) is 6.66. The number of hydrogen-bond acceptors (Lipinski definition) is 3. The van der Waals surface area contributed by atoms with E-state index in [4.69, 9.17) is 4.52 Å². The molecular formula is C14H15BrN2O2. The minimum absolute atomic E-state index is 0.0361. The average molecular weight is 323 g/mol. The summed E-state index contributed by atoms with van der Waals surface area (Å²) in [6.45, 7) is 3.81. The molecular weight excluding hydrogens is 308 g/mol. The van der Waals surface area contributed by atoms with E-state index in [0.717, 1.165) is 16.5 Å². The zero-order valence-electron chi connectivity index (χ0n) is 10.8. The maximum atomic E-state index is 12.0. The van der Waals surface area contributed by atoms with Crippen molar-refractivity contribution >= 4 is 21.8 Å². The quantitative estimate of drug-likeness (QED) is 0.935. The summed E-state index contributed by atoms with van der Waals surface area (Å²) >= 11 is 3.40. The highest BCUT2D eigenvalue weighted by atomic mass is 79.9. The van der Waals surface area contributed by atoms with E-state index in [-0.39, 0.29) is 17.7 Å². The average Bonchev–Trinajstić information content (AvgIpc) is 2.84. The van der Waals surface area contributed by atoms with Gasteiger partial charge in [-0.3, -0.25) is 4.79 Å². The van der Waals surface area contributed by atoms with Gasteiger partial charge in [0, 0.05) is 10.5 Å². The molecule has 1 atom stereocenters. The van der Waals surface area contributed by atoms with Gasteiger partial charge in [0.05, 0.1) is 11.7 Å². The van der Waals surface area contributed by atoms with Gasteiger partial charge in [-0.05, 0) is 31.0 Å². The number of rotatable bonds is 4. The fourth-order valence-electron chi connectivity index (χ4n) is 1.82. The summed E-state index contributed by atoms with van der Waals surface area (Å²) in [6.07, 6.45) is 0.806. The number of hydrogen-bond donors (Lipinski definition) is 1. The Labute approximate surface area is 120 Å². The van der Waals surface area contributed by atoms with E-state index >= 15 is 0 Å². The first-order chi connectivity index (χ1) is 9.10. The van der Waals surface area contributed by atoms with Crippen molar-refractivity contribution in [2.75, 3.05) is 0 Å². The number of aryl methyl sites for hydroxylation is 1. The Bertz CT molecular complexity index is 563. The van der Waals surface area contributed by atoms with Crippen molar-refractivity contribution in [1.82, 2.24) is 10.5 Å². The molecule has 5 heteroatoms. The monoisotopic (exact) mass is 322 g/mol. The lowest BCUT2D eigenvalue weighted by molar-refractivity contribution is 0.0898. The number of carbonyl (C=O) groups excluding carboxylic acids is 1. The van der Waals surface area contributed by atoms with Crippen LogP contribution in [0, 0.1) is 6.92 Å². The molecule has 0 unspecified atom stereocenters. The highest BCUT2D eigenvalue weighted by Gasteiger charge is 2.17. The second-order valence-corrected chi connectivity index (χ2v) is 5.23. The zero-order valence-corrected chi connectivity index (χ0v) is 12.4. The van der Waals surface area contributed by atoms with E-state index in [0.29, 0.717) is 5.69 Å². The third-order valence-corrected chi connectivity index (χ3v) is 3.37. The lowest BCUT2D eigenvalue weighted by atomic mass is 10.0. The van der Waals surface area contributed by atoms with Crippen molar-refractivity contribution in [2.45, 2.75) is 26.3 Å². The summed E-state index contributed by atoms with van der Waals surface area (Å²) in [4.78, 5) is 12.0. The normalized spacial score (nSPS) is 12.2. The summed E-state index contributed by atoms with van der Waals surface area (Å²) < 4.78 is 5.97. The van der Waals surface area contributed by atoms with Gasteiger partial charge in [0.25, 0.3) is 5.91 Å². The van der Waals surface area contributed by atoms with E-state index in [2.05, 4.69) is 26.4 Å². The Morgan fingerprint density at radius 2 is 2.11 bits per heavy atom. The molecule has 0 spiro atoms. The van der Waals surface area contributed by atoms with Crippen LogP contribution in [0.1, 0.15) is 41.2 Å². The molecule has 1 heterocycles. The lowest BCUT2D eigenvalue weighted by Crippen LogP contribution is -2.27. The second kappa shape index (κ2) is 6.02. The summed E-state index contributed by atoms with van der Waals surface area (Å²) in [5.41, 5.74) is 1.76. The van der Waals surface area contributed by atoms with E-state index < -0.39 is 0 Å². The van der Waals surface area contributed by atoms with E-state index in [9.17, 15) is 4.79 Å². The van der Waals surface area contributed by atoms with Crippen LogP contribution < -0.4 is 5.32 Å². The van der Waals surface area contributed by atoms with Crippen molar-refractivity contribution < 1.29 is 9.32 Å². The SMILES string of the molecule is CC[C@H](NC(=O)c1cc(C)no1)c1ccc(Br)cc1. The predicted molar refractivity (Wildman–Crippen MR) is 75.9 cm³/mol. The Morgan fingerprint density at radius 3 is 2.63 bits per heavy atom. The standard InChI is InChI=1S/C14H15BrN2O2/c1-3-12(10-4-6-11(15)7-5-10)16-14(18)13-8-9(2)17-19-13/h4-8,12H,3H2,1-2H3,(H,16,18)/t12-/m0/s1. The van der Waals surface area contributed by atoms with Crippen LogP contribution in [0.5, 0.6) is 0 Å². The van der Waals surface area contributed by atoms with Gasteiger partial charge >= 0.3 is 0 Å². The first-order valence-corrected chi connectivity index (χ1v) is 6.89. The van der Waals surface area contributed by atoms with Gasteiger partial charge in [0.15, 0.2) is 0 Å². The molecule has 1 amide bonds. The molecule has 100 valence electrons. The van der Waals surface area contributed by atoms with Crippen LogP contribution in [-0.2, 0) is 0 Å². The van der Waals surface area contributed by atoms with Gasteiger partial charge in [-0.15, -0.1) is 0 Å². The van der Waals surface area contributed by atoms with Gasteiger partial charge < -0.3 is 9.84 Å². The van der Waals surface area contributed by atoms with Crippen LogP contribution in [0.25, 0.3) is 0 Å². The third kappa shape index (κ3) is 3.44. The zero-order chi connectivity index (χ0) is 13.8. The van der Waals surface area contributed by atoms with Gasteiger partial charge in [0.2, 0.25) is 5.76 Å². The largest absolute Gasteiger partial charge is 0.351 e. The molecule has 0 bridgehead atoms. The number of nitrogens with zero attached hydrogens (tertiary/aromatic N) is 1. The Balaban J connectivity index is 2.11. The van der Waals surface area contributed by atoms with Crippen LogP contribution in [-0.4, -0.2) is 11.1 Å². The van der Waals surface area contributed by atoms with Gasteiger partial charge in [0.1, 0.15) is 0 Å². The molecule has 1 N–H and O–H groups in total. The van der Waals surface area contributed by atoms with Gasteiger partial charge in [-0.1, -0.05) is 40.1 Å². The van der Waals surface area contributed by atoms with Crippen molar-refractivity contribution in [3.63, 3.8) is 0 Å². The molecule has 2 aromatic rings. The topological polar surface area (TPSA) is 55.1 Å². The molecule has 0 saturated heterocycles. The molecule has 0 radical (unpaired) electrons. The Morgan fingerprint density at radius 1 is 1.42 bits per heavy atom. The fourth-order valence-corrected chi connectivity index (χ4v) is 2.08. The van der Waals surface area contributed by atoms with Crippen LogP contribution >= 0.6 is 15.9 Å². The third-order valence-electron chi connectivity index (χ3n) is 2.84. The first kappa shape index (κ1) is 13.8. The molecule has 0 saturated carbocycles. The number of nitrogens with one attached hydrogen (secondary N) is 1. The van der Waals surface area contributed by atoms with Crippen LogP contribution in [0.3, 0.4) is 0 Å². The lowest BCUT2D eigenvalue weighted by Gasteiger charge is -2.16. The smallest absolute Gasteiger partial charge is 0.290 e. The minimum atomic E-state index is -0.240. The Hall–Kier alpha value is -1.62. The van der Waals surface area contributed by atoms with Crippen molar-refractivity contribution in [3.8, 4) is 0 Å². The number of amides is 1. The molecule has 0 fully saturated rings. The van der Waals surface area contributed by atoms with Crippen molar-refractivity contribution in [2.24, 2.45) is 0 Å². The van der Waals surface area contributed by atoms with E-state index in [1.165, 1.54) is 0 Å². The predicted octanol–water partition coefficient (Wildman–Crippen LogP) is 3.63. The highest BCUT2D eigenvalue weighted by Crippen LogP contribution is 2.20. The molecule has 1 aromatic heterocycles. The minimum Gasteiger partial charge on any atom is -0.351 e. The number of benzene rings is 1. The molecule has 0 aliphatic heterocycles. The number of carbonyl (C=O) groups is 1. The first-order valence-electron chi connectivity index (χ1n) is 6.09. The fraction of sp³-hybridized carbons (Fsp3) is 0.286. The molecule has 0 aliphatic carbocycles. The summed E-state index contributed by atoms with van der Waals surface area (Å²) in [6, 6.07) is 9.50.